The van der Waals surface area contributed by atoms with Gasteiger partial charge in [-0.1, -0.05) is 31.0 Å². The average Bonchev–Trinajstić information content (AvgIpc) is 2.51. The number of ether oxygens (including phenoxy) is 1. The van der Waals surface area contributed by atoms with Crippen molar-refractivity contribution in [3.63, 3.8) is 0 Å². The molecule has 2 atom stereocenters. The van der Waals surface area contributed by atoms with Crippen molar-refractivity contribution in [1.29, 1.82) is 0 Å². The lowest BCUT2D eigenvalue weighted by Gasteiger charge is -2.39. The Morgan fingerprint density at radius 3 is 2.74 bits per heavy atom. The van der Waals surface area contributed by atoms with Gasteiger partial charge in [0.1, 0.15) is 5.75 Å². The molecule has 4 nitrogen and oxygen atoms in total. The van der Waals surface area contributed by atoms with Gasteiger partial charge in [-0.15, -0.1) is 12.4 Å². The summed E-state index contributed by atoms with van der Waals surface area (Å²) in [6.07, 6.45) is 4.86. The minimum Gasteiger partial charge on any atom is -0.496 e. The molecule has 1 fully saturated rings. The van der Waals surface area contributed by atoms with Crippen LogP contribution in [-0.4, -0.2) is 37.0 Å². The van der Waals surface area contributed by atoms with Crippen LogP contribution in [0.3, 0.4) is 0 Å². The van der Waals surface area contributed by atoms with Gasteiger partial charge in [-0.3, -0.25) is 4.79 Å². The molecular formula is C18H29ClN2O2. The zero-order valence-electron chi connectivity index (χ0n) is 14.4. The lowest BCUT2D eigenvalue weighted by atomic mass is 9.74. The first-order valence-electron chi connectivity index (χ1n) is 8.11. The number of benzene rings is 1. The van der Waals surface area contributed by atoms with Gasteiger partial charge in [0, 0.05) is 19.1 Å². The van der Waals surface area contributed by atoms with Crippen LogP contribution < -0.4 is 10.5 Å². The molecule has 1 aromatic rings. The summed E-state index contributed by atoms with van der Waals surface area (Å²) < 4.78 is 5.36. The molecule has 2 unspecified atom stereocenters. The van der Waals surface area contributed by atoms with Crippen LogP contribution in [0.15, 0.2) is 24.3 Å². The highest BCUT2D eigenvalue weighted by atomic mass is 35.5. The molecule has 0 bridgehead atoms. The van der Waals surface area contributed by atoms with Crippen LogP contribution in [0.2, 0.25) is 0 Å². The first-order chi connectivity index (χ1) is 10.5. The van der Waals surface area contributed by atoms with Gasteiger partial charge >= 0.3 is 0 Å². The Bertz CT molecular complexity index is 519. The minimum absolute atomic E-state index is 0. The van der Waals surface area contributed by atoms with E-state index in [1.54, 1.807) is 7.11 Å². The van der Waals surface area contributed by atoms with Gasteiger partial charge in [0.25, 0.3) is 0 Å². The molecule has 1 aromatic carbocycles. The number of para-hydroxylation sites is 1. The second kappa shape index (κ2) is 8.55. The average molecular weight is 341 g/mol. The molecule has 0 aromatic heterocycles. The van der Waals surface area contributed by atoms with E-state index in [0.29, 0.717) is 6.54 Å². The van der Waals surface area contributed by atoms with Crippen LogP contribution in [0, 0.1) is 5.92 Å². The lowest BCUT2D eigenvalue weighted by Crippen LogP contribution is -2.53. The van der Waals surface area contributed by atoms with E-state index in [2.05, 4.69) is 0 Å². The summed E-state index contributed by atoms with van der Waals surface area (Å²) in [5.74, 6) is 1.01. The van der Waals surface area contributed by atoms with Crippen molar-refractivity contribution in [1.82, 2.24) is 4.90 Å². The molecule has 1 amide bonds. The summed E-state index contributed by atoms with van der Waals surface area (Å²) >= 11 is 0. The maximum Gasteiger partial charge on any atom is 0.227 e. The summed E-state index contributed by atoms with van der Waals surface area (Å²) in [5.41, 5.74) is 7.11. The molecule has 2 rings (SSSR count). The summed E-state index contributed by atoms with van der Waals surface area (Å²) in [7, 11) is 3.55. The highest BCUT2D eigenvalue weighted by Gasteiger charge is 2.38. The summed E-state index contributed by atoms with van der Waals surface area (Å²) in [6.45, 7) is 2.70. The summed E-state index contributed by atoms with van der Waals surface area (Å²) in [4.78, 5) is 14.5. The fraction of sp³-hybridized carbons (Fsp3) is 0.611. The van der Waals surface area contributed by atoms with Crippen molar-refractivity contribution in [3.8, 4) is 5.75 Å². The predicted molar refractivity (Wildman–Crippen MR) is 96.1 cm³/mol. The molecule has 23 heavy (non-hydrogen) atoms. The van der Waals surface area contributed by atoms with E-state index in [9.17, 15) is 4.79 Å². The van der Waals surface area contributed by atoms with Crippen molar-refractivity contribution in [3.05, 3.63) is 29.8 Å². The fourth-order valence-electron chi connectivity index (χ4n) is 3.34. The number of carbonyl (C=O) groups excluding carboxylic acids is 1. The second-order valence-electron chi connectivity index (χ2n) is 6.63. The van der Waals surface area contributed by atoms with E-state index in [0.717, 1.165) is 43.4 Å². The van der Waals surface area contributed by atoms with Crippen LogP contribution in [-0.2, 0) is 11.2 Å². The smallest absolute Gasteiger partial charge is 0.227 e. The zero-order valence-corrected chi connectivity index (χ0v) is 15.2. The Balaban J connectivity index is 0.00000264. The van der Waals surface area contributed by atoms with Crippen LogP contribution in [0.1, 0.15) is 38.2 Å². The molecule has 1 aliphatic rings. The first-order valence-corrected chi connectivity index (χ1v) is 8.11. The van der Waals surface area contributed by atoms with E-state index in [4.69, 9.17) is 10.5 Å². The molecule has 5 heteroatoms. The maximum atomic E-state index is 12.7. The number of nitrogens with two attached hydrogens (primary N) is 1. The minimum atomic E-state index is -0.367. The van der Waals surface area contributed by atoms with Crippen LogP contribution >= 0.6 is 12.4 Å². The van der Waals surface area contributed by atoms with Crippen molar-refractivity contribution >= 4 is 18.3 Å². The van der Waals surface area contributed by atoms with Gasteiger partial charge in [-0.2, -0.15) is 0 Å². The number of carbonyl (C=O) groups is 1. The van der Waals surface area contributed by atoms with Crippen LogP contribution in [0.5, 0.6) is 5.75 Å². The third-order valence-electron chi connectivity index (χ3n) is 4.84. The van der Waals surface area contributed by atoms with Crippen molar-refractivity contribution in [2.75, 3.05) is 20.7 Å². The van der Waals surface area contributed by atoms with Gasteiger partial charge in [-0.25, -0.2) is 0 Å². The summed E-state index contributed by atoms with van der Waals surface area (Å²) in [6, 6.07) is 7.96. The third kappa shape index (κ3) is 4.85. The van der Waals surface area contributed by atoms with Crippen molar-refractivity contribution < 1.29 is 9.53 Å². The van der Waals surface area contributed by atoms with Gasteiger partial charge in [0.15, 0.2) is 0 Å². The van der Waals surface area contributed by atoms with E-state index in [1.807, 2.05) is 43.1 Å². The van der Waals surface area contributed by atoms with E-state index < -0.39 is 0 Å². The van der Waals surface area contributed by atoms with E-state index in [-0.39, 0.29) is 29.8 Å². The van der Waals surface area contributed by atoms with Crippen LogP contribution in [0.25, 0.3) is 0 Å². The van der Waals surface area contributed by atoms with Gasteiger partial charge in [0.05, 0.1) is 13.0 Å². The predicted octanol–water partition coefficient (Wildman–Crippen LogP) is 3.03. The third-order valence-corrected chi connectivity index (χ3v) is 4.84. The summed E-state index contributed by atoms with van der Waals surface area (Å²) in [5, 5.41) is 0. The first kappa shape index (κ1) is 19.8. The second-order valence-corrected chi connectivity index (χ2v) is 6.63. The number of hydrogen-bond acceptors (Lipinski definition) is 3. The van der Waals surface area contributed by atoms with Crippen molar-refractivity contribution in [2.45, 2.75) is 44.6 Å². The Morgan fingerprint density at radius 1 is 1.39 bits per heavy atom. The Morgan fingerprint density at radius 2 is 2.09 bits per heavy atom. The SMILES string of the molecule is COc1ccccc1CCN(C)C(=O)C1CCCCC1(C)N.Cl. The standard InChI is InChI=1S/C18H28N2O2.ClH/c1-18(19)12-7-6-9-15(18)17(21)20(2)13-11-14-8-4-5-10-16(14)22-3;/h4-5,8,10,15H,6-7,9,11-13,19H2,1-3H3;1H. The van der Waals surface area contributed by atoms with Gasteiger partial charge in [0.2, 0.25) is 5.91 Å². The van der Waals surface area contributed by atoms with Crippen LogP contribution in [0.4, 0.5) is 0 Å². The lowest BCUT2D eigenvalue weighted by molar-refractivity contribution is -0.137. The van der Waals surface area contributed by atoms with Gasteiger partial charge < -0.3 is 15.4 Å². The number of amides is 1. The highest BCUT2D eigenvalue weighted by Crippen LogP contribution is 2.32. The number of nitrogens with zero attached hydrogens (tertiary/aromatic N) is 1. The topological polar surface area (TPSA) is 55.6 Å². The Hall–Kier alpha value is -1.26. The number of hydrogen-bond donors (Lipinski definition) is 1. The number of methoxy groups -OCH3 is 1. The normalized spacial score (nSPS) is 23.7. The Kier molecular flexibility index (Phi) is 7.36. The molecule has 0 saturated heterocycles. The largest absolute Gasteiger partial charge is 0.496 e. The zero-order chi connectivity index (χ0) is 16.2. The monoisotopic (exact) mass is 340 g/mol. The molecule has 1 saturated carbocycles. The number of halogens is 1. The molecule has 2 N–H and O–H groups in total. The maximum absolute atomic E-state index is 12.7. The van der Waals surface area contributed by atoms with E-state index in [1.165, 1.54) is 0 Å². The molecule has 130 valence electrons. The quantitative estimate of drug-likeness (QED) is 0.896. The molecule has 0 spiro atoms. The van der Waals surface area contributed by atoms with Gasteiger partial charge in [-0.05, 0) is 37.8 Å². The fourth-order valence-corrected chi connectivity index (χ4v) is 3.34. The number of rotatable bonds is 5. The van der Waals surface area contributed by atoms with E-state index >= 15 is 0 Å². The molecule has 0 aliphatic heterocycles. The number of likely N-dealkylation sites (N-methyl/N-ethyl adjacent to an activating group) is 1. The highest BCUT2D eigenvalue weighted by molar-refractivity contribution is 5.85. The Labute approximate surface area is 145 Å². The molecule has 1 aliphatic carbocycles. The van der Waals surface area contributed by atoms with Crippen molar-refractivity contribution in [2.24, 2.45) is 11.7 Å². The molecular weight excluding hydrogens is 312 g/mol. The molecule has 0 radical (unpaired) electrons. The molecule has 0 heterocycles.